The molecule has 0 aromatic heterocycles. The zero-order valence-corrected chi connectivity index (χ0v) is 17.5. The van der Waals surface area contributed by atoms with Gasteiger partial charge in [0.2, 0.25) is 0 Å². The van der Waals surface area contributed by atoms with E-state index in [1.807, 2.05) is 24.5 Å². The molecule has 0 spiro atoms. The number of carbonyl (C=O) groups excluding carboxylic acids is 1. The van der Waals surface area contributed by atoms with E-state index in [0.29, 0.717) is 47.5 Å². The van der Waals surface area contributed by atoms with E-state index in [9.17, 15) is 4.79 Å². The maximum Gasteiger partial charge on any atom is 0.255 e. The maximum atomic E-state index is 12.9. The van der Waals surface area contributed by atoms with E-state index in [2.05, 4.69) is 5.32 Å². The Morgan fingerprint density at radius 1 is 1.07 bits per heavy atom. The van der Waals surface area contributed by atoms with Gasteiger partial charge in [-0.1, -0.05) is 0 Å². The monoisotopic (exact) mass is 415 g/mol. The van der Waals surface area contributed by atoms with Crippen LogP contribution < -0.4 is 24.3 Å². The number of thioether (sulfide) groups is 1. The van der Waals surface area contributed by atoms with Gasteiger partial charge < -0.3 is 24.3 Å². The molecule has 2 aliphatic rings. The van der Waals surface area contributed by atoms with Crippen molar-refractivity contribution in [1.82, 2.24) is 0 Å². The molecule has 1 aliphatic heterocycles. The van der Waals surface area contributed by atoms with Gasteiger partial charge in [-0.05, 0) is 56.2 Å². The third-order valence-corrected chi connectivity index (χ3v) is 5.91. The molecule has 0 unspecified atom stereocenters. The van der Waals surface area contributed by atoms with E-state index in [1.54, 1.807) is 19.2 Å². The fourth-order valence-electron chi connectivity index (χ4n) is 3.62. The number of methoxy groups -OCH3 is 1. The third-order valence-electron chi connectivity index (χ3n) is 5.13. The highest BCUT2D eigenvalue weighted by Gasteiger charge is 2.21. The van der Waals surface area contributed by atoms with Gasteiger partial charge in [-0.15, -0.1) is 11.8 Å². The molecule has 4 rings (SSSR count). The molecular weight excluding hydrogens is 390 g/mol. The molecule has 1 heterocycles. The summed E-state index contributed by atoms with van der Waals surface area (Å²) in [5, 5.41) is 2.98. The minimum Gasteiger partial charge on any atom is -0.493 e. The number of carbonyl (C=O) groups is 1. The van der Waals surface area contributed by atoms with Gasteiger partial charge in [-0.25, -0.2) is 0 Å². The summed E-state index contributed by atoms with van der Waals surface area (Å²) in [5.41, 5.74) is 1.19. The van der Waals surface area contributed by atoms with Crippen LogP contribution in [0, 0.1) is 0 Å². The molecule has 6 nitrogen and oxygen atoms in total. The van der Waals surface area contributed by atoms with Crippen LogP contribution in [0.2, 0.25) is 0 Å². The summed E-state index contributed by atoms with van der Waals surface area (Å²) in [4.78, 5) is 13.8. The van der Waals surface area contributed by atoms with Crippen molar-refractivity contribution in [3.8, 4) is 23.0 Å². The second kappa shape index (κ2) is 8.86. The summed E-state index contributed by atoms with van der Waals surface area (Å²) < 4.78 is 22.8. The predicted molar refractivity (Wildman–Crippen MR) is 113 cm³/mol. The van der Waals surface area contributed by atoms with Gasteiger partial charge in [-0.3, -0.25) is 4.79 Å². The summed E-state index contributed by atoms with van der Waals surface area (Å²) in [6, 6.07) is 9.00. The molecule has 0 bridgehead atoms. The fraction of sp³-hybridized carbons (Fsp3) is 0.409. The van der Waals surface area contributed by atoms with Crippen molar-refractivity contribution in [1.29, 1.82) is 0 Å². The van der Waals surface area contributed by atoms with Gasteiger partial charge in [-0.2, -0.15) is 0 Å². The van der Waals surface area contributed by atoms with E-state index in [1.165, 1.54) is 24.6 Å². The molecule has 1 amide bonds. The van der Waals surface area contributed by atoms with Crippen LogP contribution in [0.3, 0.4) is 0 Å². The van der Waals surface area contributed by atoms with E-state index in [-0.39, 0.29) is 12.0 Å². The van der Waals surface area contributed by atoms with Crippen LogP contribution in [0.4, 0.5) is 5.69 Å². The second-order valence-electron chi connectivity index (χ2n) is 7.04. The second-order valence-corrected chi connectivity index (χ2v) is 7.89. The smallest absolute Gasteiger partial charge is 0.255 e. The van der Waals surface area contributed by atoms with Gasteiger partial charge in [0.15, 0.2) is 23.0 Å². The molecule has 1 aliphatic carbocycles. The Balaban J connectivity index is 1.53. The van der Waals surface area contributed by atoms with E-state index in [4.69, 9.17) is 18.9 Å². The number of benzene rings is 2. The first kappa shape index (κ1) is 19.8. The quantitative estimate of drug-likeness (QED) is 0.686. The number of ether oxygens (including phenoxy) is 4. The van der Waals surface area contributed by atoms with Gasteiger partial charge in [0.05, 0.1) is 18.9 Å². The topological polar surface area (TPSA) is 66.0 Å². The Labute approximate surface area is 174 Å². The van der Waals surface area contributed by atoms with Crippen molar-refractivity contribution >= 4 is 23.4 Å². The van der Waals surface area contributed by atoms with E-state index < -0.39 is 0 Å². The Morgan fingerprint density at radius 3 is 2.48 bits per heavy atom. The minimum absolute atomic E-state index is 0.220. The molecule has 1 saturated carbocycles. The molecule has 0 saturated heterocycles. The highest BCUT2D eigenvalue weighted by Crippen LogP contribution is 2.39. The first-order valence-electron chi connectivity index (χ1n) is 9.81. The summed E-state index contributed by atoms with van der Waals surface area (Å²) in [6.07, 6.45) is 6.70. The molecule has 154 valence electrons. The van der Waals surface area contributed by atoms with Crippen LogP contribution in [-0.2, 0) is 0 Å². The first-order chi connectivity index (χ1) is 14.2. The Kier molecular flexibility index (Phi) is 6.04. The molecular formula is C22H25NO5S. The summed E-state index contributed by atoms with van der Waals surface area (Å²) in [6.45, 7) is 1.03. The number of anilines is 1. The number of amides is 1. The van der Waals surface area contributed by atoms with Crippen LogP contribution in [0.15, 0.2) is 35.2 Å². The Hall–Kier alpha value is -2.54. The zero-order chi connectivity index (χ0) is 20.2. The van der Waals surface area contributed by atoms with Crippen LogP contribution in [-0.4, -0.2) is 38.6 Å². The molecule has 29 heavy (non-hydrogen) atoms. The van der Waals surface area contributed by atoms with Crippen molar-refractivity contribution < 1.29 is 23.7 Å². The van der Waals surface area contributed by atoms with Crippen LogP contribution in [0.25, 0.3) is 0 Å². The summed E-state index contributed by atoms with van der Waals surface area (Å²) in [7, 11) is 1.59. The lowest BCUT2D eigenvalue weighted by molar-refractivity contribution is 0.102. The average Bonchev–Trinajstić information content (AvgIpc) is 3.26. The lowest BCUT2D eigenvalue weighted by atomic mass is 10.1. The number of rotatable bonds is 6. The van der Waals surface area contributed by atoms with Crippen molar-refractivity contribution in [3.63, 3.8) is 0 Å². The highest BCUT2D eigenvalue weighted by molar-refractivity contribution is 7.98. The molecule has 7 heteroatoms. The van der Waals surface area contributed by atoms with Crippen molar-refractivity contribution in [3.05, 3.63) is 35.9 Å². The van der Waals surface area contributed by atoms with E-state index >= 15 is 0 Å². The minimum atomic E-state index is -0.220. The highest BCUT2D eigenvalue weighted by atomic mass is 32.2. The molecule has 2 aromatic carbocycles. The van der Waals surface area contributed by atoms with Gasteiger partial charge in [0.25, 0.3) is 5.91 Å². The van der Waals surface area contributed by atoms with Crippen LogP contribution in [0.5, 0.6) is 23.0 Å². The third kappa shape index (κ3) is 4.40. The standard InChI is InChI=1S/C22H25NO5S/c1-25-18-11-14(7-8-17(18)28-15-5-3-4-6-15)22(24)23-16-12-19-20(13-21(16)29-2)27-10-9-26-19/h7-8,11-13,15H,3-6,9-10H2,1-2H3,(H,23,24). The molecule has 1 fully saturated rings. The summed E-state index contributed by atoms with van der Waals surface area (Å²) in [5.74, 6) is 2.37. The zero-order valence-electron chi connectivity index (χ0n) is 16.7. The SMILES string of the molecule is COc1cc(C(=O)Nc2cc3c(cc2SC)OCCO3)ccc1OC1CCCC1. The predicted octanol–water partition coefficient (Wildman–Crippen LogP) is 4.76. The van der Waals surface area contributed by atoms with Crippen molar-refractivity contribution in [2.45, 2.75) is 36.7 Å². The maximum absolute atomic E-state index is 12.9. The average molecular weight is 416 g/mol. The first-order valence-corrected chi connectivity index (χ1v) is 11.0. The molecule has 0 radical (unpaired) electrons. The summed E-state index contributed by atoms with van der Waals surface area (Å²) >= 11 is 1.54. The van der Waals surface area contributed by atoms with E-state index in [0.717, 1.165) is 17.7 Å². The van der Waals surface area contributed by atoms with Gasteiger partial charge >= 0.3 is 0 Å². The van der Waals surface area contributed by atoms with Gasteiger partial charge in [0.1, 0.15) is 13.2 Å². The van der Waals surface area contributed by atoms with Crippen molar-refractivity contribution in [2.24, 2.45) is 0 Å². The van der Waals surface area contributed by atoms with Crippen LogP contribution >= 0.6 is 11.8 Å². The van der Waals surface area contributed by atoms with Gasteiger partial charge in [0, 0.05) is 16.5 Å². The number of hydrogen-bond donors (Lipinski definition) is 1. The molecule has 0 atom stereocenters. The lowest BCUT2D eigenvalue weighted by Gasteiger charge is -2.21. The normalized spacial score (nSPS) is 15.8. The lowest BCUT2D eigenvalue weighted by Crippen LogP contribution is -2.17. The van der Waals surface area contributed by atoms with Crippen LogP contribution in [0.1, 0.15) is 36.0 Å². The number of hydrogen-bond acceptors (Lipinski definition) is 6. The largest absolute Gasteiger partial charge is 0.493 e. The fourth-order valence-corrected chi connectivity index (χ4v) is 4.18. The molecule has 2 aromatic rings. The van der Waals surface area contributed by atoms with Crippen molar-refractivity contribution in [2.75, 3.05) is 31.9 Å². The molecule has 1 N–H and O–H groups in total. The Morgan fingerprint density at radius 2 is 1.79 bits per heavy atom. The Bertz CT molecular complexity index is 895. The number of fused-ring (bicyclic) bond motifs is 1. The number of nitrogens with one attached hydrogen (secondary N) is 1.